The second kappa shape index (κ2) is 5.92. The summed E-state index contributed by atoms with van der Waals surface area (Å²) in [6.07, 6.45) is 0.946. The third-order valence-electron chi connectivity index (χ3n) is 2.18. The number of carboxylic acids is 1. The van der Waals surface area contributed by atoms with Crippen LogP contribution in [0.1, 0.15) is 10.4 Å². The van der Waals surface area contributed by atoms with E-state index < -0.39 is 16.6 Å². The number of nitrogens with one attached hydrogen (secondary N) is 1. The van der Waals surface area contributed by atoms with Gasteiger partial charge in [-0.25, -0.2) is 9.78 Å². The quantitative estimate of drug-likeness (QED) is 0.567. The van der Waals surface area contributed by atoms with Crippen molar-refractivity contribution in [2.75, 3.05) is 32.5 Å². The predicted octanol–water partition coefficient (Wildman–Crippen LogP) is 0.661. The largest absolute Gasteiger partial charge is 0.477 e. The lowest BCUT2D eigenvalue weighted by atomic mass is 10.2. The van der Waals surface area contributed by atoms with Crippen molar-refractivity contribution in [3.8, 4) is 0 Å². The predicted molar refractivity (Wildman–Crippen MR) is 64.9 cm³/mol. The minimum absolute atomic E-state index is 0.305. The van der Waals surface area contributed by atoms with Crippen LogP contribution in [0.5, 0.6) is 0 Å². The third-order valence-corrected chi connectivity index (χ3v) is 2.18. The van der Waals surface area contributed by atoms with E-state index >= 15 is 0 Å². The number of rotatable bonds is 6. The van der Waals surface area contributed by atoms with Gasteiger partial charge in [-0.2, -0.15) is 0 Å². The molecule has 2 N–H and O–H groups in total. The Bertz CT molecular complexity index is 461. The molecule has 0 atom stereocenters. The van der Waals surface area contributed by atoms with Crippen LogP contribution in [-0.2, 0) is 0 Å². The number of nitrogens with zero attached hydrogens (tertiary/aromatic N) is 3. The molecule has 0 aromatic carbocycles. The van der Waals surface area contributed by atoms with Crippen LogP contribution in [0.3, 0.4) is 0 Å². The first-order valence-electron chi connectivity index (χ1n) is 5.18. The van der Waals surface area contributed by atoms with Gasteiger partial charge in [0.1, 0.15) is 17.6 Å². The molecule has 0 spiro atoms. The van der Waals surface area contributed by atoms with Crippen molar-refractivity contribution in [1.82, 2.24) is 9.88 Å². The van der Waals surface area contributed by atoms with Crippen LogP contribution in [0.2, 0.25) is 0 Å². The Morgan fingerprint density at radius 2 is 2.28 bits per heavy atom. The van der Waals surface area contributed by atoms with Crippen molar-refractivity contribution < 1.29 is 14.8 Å². The fourth-order valence-electron chi connectivity index (χ4n) is 1.27. The van der Waals surface area contributed by atoms with E-state index in [1.54, 1.807) is 0 Å². The average molecular weight is 254 g/mol. The monoisotopic (exact) mass is 254 g/mol. The normalized spacial score (nSPS) is 10.4. The Morgan fingerprint density at radius 1 is 1.61 bits per heavy atom. The van der Waals surface area contributed by atoms with Gasteiger partial charge in [-0.1, -0.05) is 0 Å². The van der Waals surface area contributed by atoms with E-state index in [0.717, 1.165) is 18.8 Å². The Morgan fingerprint density at radius 3 is 2.78 bits per heavy atom. The number of aromatic nitrogens is 1. The Labute approximate surface area is 103 Å². The Hall–Kier alpha value is -2.22. The van der Waals surface area contributed by atoms with Gasteiger partial charge in [-0.15, -0.1) is 0 Å². The number of likely N-dealkylation sites (N-methyl/N-ethyl adjacent to an activating group) is 1. The minimum Gasteiger partial charge on any atom is -0.477 e. The summed E-state index contributed by atoms with van der Waals surface area (Å²) in [5.74, 6) is -1.04. The SMILES string of the molecule is CN(C)CCNc1cc(C(=O)O)c([N+](=O)[O-])cn1. The summed E-state index contributed by atoms with van der Waals surface area (Å²) in [7, 11) is 3.79. The highest BCUT2D eigenvalue weighted by Crippen LogP contribution is 2.19. The summed E-state index contributed by atoms with van der Waals surface area (Å²) in [4.78, 5) is 26.5. The molecule has 98 valence electrons. The van der Waals surface area contributed by atoms with Crippen molar-refractivity contribution in [2.24, 2.45) is 0 Å². The second-order valence-electron chi connectivity index (χ2n) is 3.88. The third kappa shape index (κ3) is 3.67. The van der Waals surface area contributed by atoms with E-state index in [0.29, 0.717) is 12.4 Å². The van der Waals surface area contributed by atoms with Gasteiger partial charge >= 0.3 is 11.7 Å². The molecule has 18 heavy (non-hydrogen) atoms. The Kier molecular flexibility index (Phi) is 4.55. The molecule has 1 heterocycles. The highest BCUT2D eigenvalue weighted by Gasteiger charge is 2.20. The molecule has 0 saturated carbocycles. The van der Waals surface area contributed by atoms with Crippen molar-refractivity contribution in [3.05, 3.63) is 27.9 Å². The molecule has 0 bridgehead atoms. The molecule has 0 radical (unpaired) electrons. The molecule has 0 aliphatic heterocycles. The minimum atomic E-state index is -1.35. The summed E-state index contributed by atoms with van der Waals surface area (Å²) in [6.45, 7) is 1.30. The van der Waals surface area contributed by atoms with Crippen molar-refractivity contribution in [2.45, 2.75) is 0 Å². The van der Waals surface area contributed by atoms with E-state index in [9.17, 15) is 14.9 Å². The first-order chi connectivity index (χ1) is 8.41. The number of hydrogen-bond acceptors (Lipinski definition) is 6. The molecule has 0 amide bonds. The number of carbonyl (C=O) groups is 1. The number of nitro groups is 1. The van der Waals surface area contributed by atoms with Crippen LogP contribution in [0.25, 0.3) is 0 Å². The Balaban J connectivity index is 2.87. The molecule has 0 unspecified atom stereocenters. The van der Waals surface area contributed by atoms with Crippen molar-refractivity contribution in [1.29, 1.82) is 0 Å². The smallest absolute Gasteiger partial charge is 0.342 e. The standard InChI is InChI=1S/C10H14N4O4/c1-13(2)4-3-11-9-5-7(10(15)16)8(6-12-9)14(17)18/h5-6H,3-4H2,1-2H3,(H,11,12)(H,15,16). The lowest BCUT2D eigenvalue weighted by Gasteiger charge is -2.10. The van der Waals surface area contributed by atoms with Crippen LogP contribution >= 0.6 is 0 Å². The average Bonchev–Trinajstić information content (AvgIpc) is 2.28. The van der Waals surface area contributed by atoms with Crippen LogP contribution < -0.4 is 5.32 Å². The number of aromatic carboxylic acids is 1. The molecule has 8 nitrogen and oxygen atoms in total. The topological polar surface area (TPSA) is 109 Å². The van der Waals surface area contributed by atoms with E-state index in [1.807, 2.05) is 19.0 Å². The van der Waals surface area contributed by atoms with E-state index in [2.05, 4.69) is 10.3 Å². The van der Waals surface area contributed by atoms with E-state index in [-0.39, 0.29) is 5.56 Å². The highest BCUT2D eigenvalue weighted by molar-refractivity contribution is 5.93. The lowest BCUT2D eigenvalue weighted by Crippen LogP contribution is -2.21. The van der Waals surface area contributed by atoms with Crippen LogP contribution in [0.4, 0.5) is 11.5 Å². The first kappa shape index (κ1) is 13.8. The highest BCUT2D eigenvalue weighted by atomic mass is 16.6. The van der Waals surface area contributed by atoms with Gasteiger partial charge < -0.3 is 15.3 Å². The fraction of sp³-hybridized carbons (Fsp3) is 0.400. The molecule has 0 aliphatic carbocycles. The molecule has 1 rings (SSSR count). The molecule has 0 saturated heterocycles. The number of carboxylic acid groups (broad SMARTS) is 1. The van der Waals surface area contributed by atoms with Gasteiger partial charge in [0.2, 0.25) is 0 Å². The first-order valence-corrected chi connectivity index (χ1v) is 5.18. The molecule has 1 aromatic heterocycles. The number of pyridine rings is 1. The van der Waals surface area contributed by atoms with E-state index in [1.165, 1.54) is 0 Å². The van der Waals surface area contributed by atoms with Gasteiger partial charge in [0.05, 0.1) is 4.92 Å². The van der Waals surface area contributed by atoms with Gasteiger partial charge in [0.15, 0.2) is 0 Å². The second-order valence-corrected chi connectivity index (χ2v) is 3.88. The lowest BCUT2D eigenvalue weighted by molar-refractivity contribution is -0.385. The van der Waals surface area contributed by atoms with Crippen LogP contribution in [0.15, 0.2) is 12.3 Å². The van der Waals surface area contributed by atoms with Crippen LogP contribution in [-0.4, -0.2) is 53.1 Å². The zero-order valence-corrected chi connectivity index (χ0v) is 10.1. The fourth-order valence-corrected chi connectivity index (χ4v) is 1.27. The van der Waals surface area contributed by atoms with Gasteiger partial charge in [-0.3, -0.25) is 10.1 Å². The maximum absolute atomic E-state index is 10.9. The van der Waals surface area contributed by atoms with Crippen LogP contribution in [0, 0.1) is 10.1 Å². The molecular weight excluding hydrogens is 240 g/mol. The summed E-state index contributed by atoms with van der Waals surface area (Å²) in [5, 5.41) is 22.4. The molecule has 8 heteroatoms. The van der Waals surface area contributed by atoms with Gasteiger partial charge in [0, 0.05) is 19.2 Å². The van der Waals surface area contributed by atoms with E-state index in [4.69, 9.17) is 5.11 Å². The number of hydrogen-bond donors (Lipinski definition) is 2. The zero-order valence-electron chi connectivity index (χ0n) is 10.1. The molecule has 0 fully saturated rings. The molecular formula is C10H14N4O4. The maximum atomic E-state index is 10.9. The van der Waals surface area contributed by atoms with Gasteiger partial charge in [-0.05, 0) is 14.1 Å². The molecule has 1 aromatic rings. The van der Waals surface area contributed by atoms with Gasteiger partial charge in [0.25, 0.3) is 0 Å². The molecule has 0 aliphatic rings. The summed E-state index contributed by atoms with van der Waals surface area (Å²) >= 11 is 0. The van der Waals surface area contributed by atoms with Crippen molar-refractivity contribution >= 4 is 17.5 Å². The van der Waals surface area contributed by atoms with Crippen molar-refractivity contribution in [3.63, 3.8) is 0 Å². The maximum Gasteiger partial charge on any atom is 0.342 e. The summed E-state index contributed by atoms with van der Waals surface area (Å²) in [5.41, 5.74) is -0.886. The summed E-state index contributed by atoms with van der Waals surface area (Å²) in [6, 6.07) is 1.16. The summed E-state index contributed by atoms with van der Waals surface area (Å²) < 4.78 is 0. The number of anilines is 1. The zero-order chi connectivity index (χ0) is 13.7.